The maximum atomic E-state index is 11.8. The first-order valence-electron chi connectivity index (χ1n) is 6.34. The molecule has 0 unspecified atom stereocenters. The van der Waals surface area contributed by atoms with Gasteiger partial charge in [-0.3, -0.25) is 20.4 Å². The highest BCUT2D eigenvalue weighted by atomic mass is 35.5. The van der Waals surface area contributed by atoms with Crippen LogP contribution in [0.1, 0.15) is 15.9 Å². The van der Waals surface area contributed by atoms with E-state index in [0.29, 0.717) is 15.6 Å². The first kappa shape index (κ1) is 16.1. The molecule has 0 fully saturated rings. The fourth-order valence-electron chi connectivity index (χ4n) is 1.62. The number of benzene rings is 2. The lowest BCUT2D eigenvalue weighted by molar-refractivity contribution is -0.117. The summed E-state index contributed by atoms with van der Waals surface area (Å²) in [6.45, 7) is 0. The van der Waals surface area contributed by atoms with Crippen molar-refractivity contribution >= 4 is 41.1 Å². The molecule has 0 aliphatic carbocycles. The molecule has 2 rings (SSSR count). The Hall–Kier alpha value is -2.30. The van der Waals surface area contributed by atoms with Crippen molar-refractivity contribution in [2.45, 2.75) is 0 Å². The zero-order valence-electron chi connectivity index (χ0n) is 11.3. The van der Waals surface area contributed by atoms with Gasteiger partial charge in [0.2, 0.25) is 0 Å². The van der Waals surface area contributed by atoms with Crippen molar-refractivity contribution in [2.24, 2.45) is 0 Å². The van der Waals surface area contributed by atoms with E-state index in [2.05, 4.69) is 10.9 Å². The molecule has 112 valence electrons. The number of nitrogens with one attached hydrogen (secondary N) is 2. The number of carbonyl (C=O) groups excluding carboxylic acids is 2. The second-order valence-electron chi connectivity index (χ2n) is 4.34. The Morgan fingerprint density at radius 2 is 1.64 bits per heavy atom. The van der Waals surface area contributed by atoms with Gasteiger partial charge in [-0.2, -0.15) is 0 Å². The van der Waals surface area contributed by atoms with Crippen molar-refractivity contribution in [1.29, 1.82) is 0 Å². The molecule has 0 aliphatic rings. The van der Waals surface area contributed by atoms with Crippen LogP contribution in [-0.2, 0) is 4.79 Å². The Morgan fingerprint density at radius 1 is 0.909 bits per heavy atom. The van der Waals surface area contributed by atoms with E-state index in [9.17, 15) is 9.59 Å². The molecular weight excluding hydrogens is 323 g/mol. The lowest BCUT2D eigenvalue weighted by Gasteiger charge is -2.05. The Labute approximate surface area is 137 Å². The normalized spacial score (nSPS) is 10.5. The van der Waals surface area contributed by atoms with E-state index >= 15 is 0 Å². The van der Waals surface area contributed by atoms with Crippen LogP contribution in [0.4, 0.5) is 0 Å². The second kappa shape index (κ2) is 7.64. The van der Waals surface area contributed by atoms with E-state index in [4.69, 9.17) is 23.2 Å². The van der Waals surface area contributed by atoms with Gasteiger partial charge in [0.1, 0.15) is 0 Å². The lowest BCUT2D eigenvalue weighted by Crippen LogP contribution is -2.40. The first-order valence-corrected chi connectivity index (χ1v) is 7.10. The average molecular weight is 335 g/mol. The molecule has 0 aromatic heterocycles. The minimum Gasteiger partial charge on any atom is -0.268 e. The molecule has 0 bridgehead atoms. The molecule has 4 nitrogen and oxygen atoms in total. The van der Waals surface area contributed by atoms with Crippen molar-refractivity contribution in [3.63, 3.8) is 0 Å². The number of carbonyl (C=O) groups is 2. The first-order chi connectivity index (χ1) is 10.5. The molecule has 0 saturated heterocycles. The van der Waals surface area contributed by atoms with Gasteiger partial charge >= 0.3 is 0 Å². The summed E-state index contributed by atoms with van der Waals surface area (Å²) >= 11 is 11.6. The Morgan fingerprint density at radius 3 is 2.32 bits per heavy atom. The fourth-order valence-corrected chi connectivity index (χ4v) is 1.94. The number of hydrogen-bond donors (Lipinski definition) is 2. The van der Waals surface area contributed by atoms with Crippen molar-refractivity contribution in [3.8, 4) is 0 Å². The number of rotatable bonds is 3. The Kier molecular flexibility index (Phi) is 5.58. The van der Waals surface area contributed by atoms with Gasteiger partial charge in [0.25, 0.3) is 11.8 Å². The van der Waals surface area contributed by atoms with Crippen LogP contribution >= 0.6 is 23.2 Å². The molecule has 6 heteroatoms. The Bertz CT molecular complexity index is 712. The van der Waals surface area contributed by atoms with Gasteiger partial charge in [0.15, 0.2) is 0 Å². The summed E-state index contributed by atoms with van der Waals surface area (Å²) in [6.07, 6.45) is 2.89. The standard InChI is InChI=1S/C16H12Cl2N2O2/c17-13-7-5-12(6-8-13)16(22)20-19-15(21)9-4-11-2-1-3-14(18)10-11/h1-10H,(H,19,21)(H,20,22)/b9-4+. The second-order valence-corrected chi connectivity index (χ2v) is 5.21. The van der Waals surface area contributed by atoms with Crippen LogP contribution in [0.3, 0.4) is 0 Å². The van der Waals surface area contributed by atoms with Crippen LogP contribution < -0.4 is 10.9 Å². The smallest absolute Gasteiger partial charge is 0.268 e. The minimum atomic E-state index is -0.456. The third kappa shape index (κ3) is 4.91. The summed E-state index contributed by atoms with van der Waals surface area (Å²) < 4.78 is 0. The minimum absolute atomic E-state index is 0.392. The van der Waals surface area contributed by atoms with Crippen LogP contribution in [-0.4, -0.2) is 11.8 Å². The molecule has 0 aliphatic heterocycles. The fraction of sp³-hybridized carbons (Fsp3) is 0. The summed E-state index contributed by atoms with van der Waals surface area (Å²) in [4.78, 5) is 23.4. The Balaban J connectivity index is 1.87. The highest BCUT2D eigenvalue weighted by Crippen LogP contribution is 2.11. The summed E-state index contributed by atoms with van der Waals surface area (Å²) in [5.74, 6) is -0.886. The largest absolute Gasteiger partial charge is 0.269 e. The third-order valence-electron chi connectivity index (χ3n) is 2.68. The SMILES string of the molecule is O=C(/C=C/c1cccc(Cl)c1)NNC(=O)c1ccc(Cl)cc1. The number of hydrazine groups is 1. The van der Waals surface area contributed by atoms with Crippen molar-refractivity contribution in [2.75, 3.05) is 0 Å². The van der Waals surface area contributed by atoms with Crippen LogP contribution in [0.2, 0.25) is 10.0 Å². The summed E-state index contributed by atoms with van der Waals surface area (Å²) in [7, 11) is 0. The van der Waals surface area contributed by atoms with Gasteiger partial charge in [-0.05, 0) is 48.0 Å². The van der Waals surface area contributed by atoms with Gasteiger partial charge in [-0.15, -0.1) is 0 Å². The van der Waals surface area contributed by atoms with E-state index in [1.165, 1.54) is 6.08 Å². The van der Waals surface area contributed by atoms with Crippen LogP contribution in [0.25, 0.3) is 6.08 Å². The third-order valence-corrected chi connectivity index (χ3v) is 3.17. The molecule has 2 N–H and O–H groups in total. The summed E-state index contributed by atoms with van der Waals surface area (Å²) in [6, 6.07) is 13.4. The predicted molar refractivity (Wildman–Crippen MR) is 87.5 cm³/mol. The van der Waals surface area contributed by atoms with E-state index in [1.54, 1.807) is 48.5 Å². The van der Waals surface area contributed by atoms with Crippen molar-refractivity contribution in [3.05, 3.63) is 75.8 Å². The van der Waals surface area contributed by atoms with Gasteiger partial charge in [-0.25, -0.2) is 0 Å². The van der Waals surface area contributed by atoms with Gasteiger partial charge < -0.3 is 0 Å². The predicted octanol–water partition coefficient (Wildman–Crippen LogP) is 3.47. The van der Waals surface area contributed by atoms with E-state index < -0.39 is 11.8 Å². The summed E-state index contributed by atoms with van der Waals surface area (Å²) in [5, 5.41) is 1.11. The zero-order chi connectivity index (χ0) is 15.9. The molecule has 0 radical (unpaired) electrons. The quantitative estimate of drug-likeness (QED) is 0.667. The van der Waals surface area contributed by atoms with Gasteiger partial charge in [0, 0.05) is 21.7 Å². The number of halogens is 2. The van der Waals surface area contributed by atoms with Crippen LogP contribution in [0.15, 0.2) is 54.6 Å². The molecule has 0 spiro atoms. The highest BCUT2D eigenvalue weighted by molar-refractivity contribution is 6.31. The number of hydrogen-bond acceptors (Lipinski definition) is 2. The maximum Gasteiger partial charge on any atom is 0.269 e. The lowest BCUT2D eigenvalue weighted by atomic mass is 10.2. The van der Waals surface area contributed by atoms with E-state index in [1.807, 2.05) is 6.07 Å². The van der Waals surface area contributed by atoms with Crippen LogP contribution in [0.5, 0.6) is 0 Å². The van der Waals surface area contributed by atoms with Gasteiger partial charge in [-0.1, -0.05) is 35.3 Å². The maximum absolute atomic E-state index is 11.8. The van der Waals surface area contributed by atoms with Gasteiger partial charge in [0.05, 0.1) is 0 Å². The molecule has 2 aromatic carbocycles. The molecule has 0 heterocycles. The molecule has 2 aromatic rings. The average Bonchev–Trinajstić information content (AvgIpc) is 2.51. The molecule has 2 amide bonds. The van der Waals surface area contributed by atoms with Crippen LogP contribution in [0, 0.1) is 0 Å². The van der Waals surface area contributed by atoms with E-state index in [-0.39, 0.29) is 0 Å². The van der Waals surface area contributed by atoms with E-state index in [0.717, 1.165) is 5.56 Å². The molecule has 22 heavy (non-hydrogen) atoms. The summed E-state index contributed by atoms with van der Waals surface area (Å²) in [5.41, 5.74) is 5.77. The molecule has 0 atom stereocenters. The number of amides is 2. The van der Waals surface area contributed by atoms with Crippen molar-refractivity contribution < 1.29 is 9.59 Å². The zero-order valence-corrected chi connectivity index (χ0v) is 12.9. The molecular formula is C16H12Cl2N2O2. The molecule has 0 saturated carbocycles. The highest BCUT2D eigenvalue weighted by Gasteiger charge is 2.05. The monoisotopic (exact) mass is 334 g/mol. The van der Waals surface area contributed by atoms with Crippen molar-refractivity contribution in [1.82, 2.24) is 10.9 Å². The topological polar surface area (TPSA) is 58.2 Å².